The summed E-state index contributed by atoms with van der Waals surface area (Å²) < 4.78 is 3.11. The molecule has 3 saturated heterocycles. The van der Waals surface area contributed by atoms with Crippen molar-refractivity contribution in [2.75, 3.05) is 13.1 Å². The van der Waals surface area contributed by atoms with Gasteiger partial charge in [-0.05, 0) is 74.1 Å². The van der Waals surface area contributed by atoms with Crippen LogP contribution < -0.4 is 27.4 Å². The molecule has 3 aliphatic heterocycles. The van der Waals surface area contributed by atoms with Crippen LogP contribution in [-0.4, -0.2) is 91.5 Å². The second-order valence-electron chi connectivity index (χ2n) is 18.4. The Morgan fingerprint density at radius 1 is 0.776 bits per heavy atom. The van der Waals surface area contributed by atoms with Crippen LogP contribution in [0.25, 0.3) is 11.0 Å². The molecule has 3 fully saturated rings. The predicted molar refractivity (Wildman–Crippen MR) is 252 cm³/mol. The van der Waals surface area contributed by atoms with Crippen molar-refractivity contribution in [1.29, 1.82) is 0 Å². The second kappa shape index (κ2) is 22.3. The van der Waals surface area contributed by atoms with E-state index in [2.05, 4.69) is 16.0 Å². The monoisotopic (exact) mass is 916 g/mol. The van der Waals surface area contributed by atoms with E-state index < -0.39 is 53.7 Å². The molecule has 67 heavy (non-hydrogen) atoms. The first-order chi connectivity index (χ1) is 32.3. The molecular formula is C51H64N8O8. The number of aromatic nitrogens is 2. The lowest BCUT2D eigenvalue weighted by Crippen LogP contribution is -2.57. The van der Waals surface area contributed by atoms with Gasteiger partial charge in [0.1, 0.15) is 18.1 Å². The van der Waals surface area contributed by atoms with Gasteiger partial charge in [0, 0.05) is 45.4 Å². The van der Waals surface area contributed by atoms with Crippen LogP contribution >= 0.6 is 0 Å². The SMILES string of the molecule is C[C@H]1CN(C(=O)CCCCCCCCc2cccc3c2n(C)c(=O)n3C2CCC(=O)NC2=O)CC[C@H]2CC[C@@H](C(=O)N[C@@H](CCC(N)=O)C(=O)NC(c3ccccc3)c3ccccc3)N2C1=O. The van der Waals surface area contributed by atoms with Crippen molar-refractivity contribution < 1.29 is 33.6 Å². The highest BCUT2D eigenvalue weighted by atomic mass is 16.2. The van der Waals surface area contributed by atoms with Gasteiger partial charge in [-0.2, -0.15) is 0 Å². The van der Waals surface area contributed by atoms with Crippen LogP contribution in [0.1, 0.15) is 126 Å². The van der Waals surface area contributed by atoms with Gasteiger partial charge in [0.15, 0.2) is 0 Å². The molecule has 7 amide bonds. The maximum absolute atomic E-state index is 14.0. The number of primary amides is 1. The number of rotatable bonds is 19. The first-order valence-corrected chi connectivity index (χ1v) is 23.9. The number of carbonyl (C=O) groups is 7. The fourth-order valence-electron chi connectivity index (χ4n) is 10.2. The molecule has 7 rings (SSSR count). The molecular weight excluding hydrogens is 853 g/mol. The molecule has 4 heterocycles. The highest BCUT2D eigenvalue weighted by Gasteiger charge is 2.44. The van der Waals surface area contributed by atoms with Gasteiger partial charge in [-0.1, -0.05) is 105 Å². The minimum atomic E-state index is -1.07. The number of hydrogen-bond acceptors (Lipinski definition) is 8. The van der Waals surface area contributed by atoms with Crippen LogP contribution in [0, 0.1) is 5.92 Å². The molecule has 1 aromatic heterocycles. The van der Waals surface area contributed by atoms with E-state index in [0.717, 1.165) is 67.2 Å². The Balaban J connectivity index is 0.869. The summed E-state index contributed by atoms with van der Waals surface area (Å²) in [4.78, 5) is 109. The fourth-order valence-corrected chi connectivity index (χ4v) is 10.2. The van der Waals surface area contributed by atoms with Crippen molar-refractivity contribution in [3.8, 4) is 0 Å². The Kier molecular flexibility index (Phi) is 16.1. The molecule has 1 unspecified atom stereocenters. The highest BCUT2D eigenvalue weighted by molar-refractivity contribution is 6.00. The molecule has 0 bridgehead atoms. The van der Waals surface area contributed by atoms with Crippen LogP contribution in [0.15, 0.2) is 83.7 Å². The Labute approximate surface area is 391 Å². The van der Waals surface area contributed by atoms with E-state index in [1.165, 1.54) is 4.57 Å². The van der Waals surface area contributed by atoms with Gasteiger partial charge in [-0.15, -0.1) is 0 Å². The highest BCUT2D eigenvalue weighted by Crippen LogP contribution is 2.32. The van der Waals surface area contributed by atoms with Crippen molar-refractivity contribution in [2.24, 2.45) is 18.7 Å². The Hall–Kier alpha value is -6.58. The summed E-state index contributed by atoms with van der Waals surface area (Å²) in [5.74, 6) is -3.00. The summed E-state index contributed by atoms with van der Waals surface area (Å²) in [6, 6.07) is 21.4. The molecule has 356 valence electrons. The fraction of sp³-hybridized carbons (Fsp3) is 0.490. The summed E-state index contributed by atoms with van der Waals surface area (Å²) in [5, 5.41) is 8.32. The van der Waals surface area contributed by atoms with E-state index >= 15 is 0 Å². The lowest BCUT2D eigenvalue weighted by atomic mass is 9.98. The number of nitrogens with one attached hydrogen (secondary N) is 3. The molecule has 3 aromatic carbocycles. The van der Waals surface area contributed by atoms with Gasteiger partial charge in [0.05, 0.1) is 23.0 Å². The molecule has 5 N–H and O–H groups in total. The predicted octanol–water partition coefficient (Wildman–Crippen LogP) is 4.48. The lowest BCUT2D eigenvalue weighted by molar-refractivity contribution is -0.147. The third-order valence-electron chi connectivity index (χ3n) is 13.7. The van der Waals surface area contributed by atoms with E-state index in [4.69, 9.17) is 5.73 Å². The number of nitrogens with two attached hydrogens (primary N) is 1. The number of carbonyl (C=O) groups excluding carboxylic acids is 7. The average Bonchev–Trinajstić information content (AvgIpc) is 3.86. The molecule has 0 radical (unpaired) electrons. The number of unbranched alkanes of at least 4 members (excludes halogenated alkanes) is 5. The molecule has 0 aliphatic carbocycles. The largest absolute Gasteiger partial charge is 0.370 e. The quantitative estimate of drug-likeness (QED) is 0.0776. The van der Waals surface area contributed by atoms with Crippen LogP contribution in [0.3, 0.4) is 0 Å². The number of nitrogens with zero attached hydrogens (tertiary/aromatic N) is 4. The van der Waals surface area contributed by atoms with Gasteiger partial charge in [0.25, 0.3) is 0 Å². The zero-order chi connectivity index (χ0) is 47.6. The van der Waals surface area contributed by atoms with Gasteiger partial charge >= 0.3 is 5.69 Å². The summed E-state index contributed by atoms with van der Waals surface area (Å²) in [6.07, 6.45) is 8.59. The molecule has 16 heteroatoms. The minimum absolute atomic E-state index is 0.00533. The zero-order valence-electron chi connectivity index (χ0n) is 38.6. The molecule has 5 atom stereocenters. The zero-order valence-corrected chi connectivity index (χ0v) is 38.6. The van der Waals surface area contributed by atoms with Crippen molar-refractivity contribution in [3.63, 3.8) is 0 Å². The van der Waals surface area contributed by atoms with Crippen LogP contribution in [0.5, 0.6) is 0 Å². The van der Waals surface area contributed by atoms with E-state index in [1.807, 2.05) is 78.9 Å². The first-order valence-electron chi connectivity index (χ1n) is 23.9. The average molecular weight is 917 g/mol. The van der Waals surface area contributed by atoms with Gasteiger partial charge < -0.3 is 26.2 Å². The third kappa shape index (κ3) is 11.5. The Morgan fingerprint density at radius 3 is 2.12 bits per heavy atom. The maximum Gasteiger partial charge on any atom is 0.329 e. The Bertz CT molecular complexity index is 2460. The van der Waals surface area contributed by atoms with Gasteiger partial charge in [0.2, 0.25) is 41.4 Å². The minimum Gasteiger partial charge on any atom is -0.370 e. The van der Waals surface area contributed by atoms with Crippen molar-refractivity contribution in [2.45, 2.75) is 133 Å². The third-order valence-corrected chi connectivity index (χ3v) is 13.7. The van der Waals surface area contributed by atoms with E-state index in [0.29, 0.717) is 44.2 Å². The van der Waals surface area contributed by atoms with Gasteiger partial charge in [-0.3, -0.25) is 48.0 Å². The number of aryl methyl sites for hydroxylation is 2. The van der Waals surface area contributed by atoms with Crippen molar-refractivity contribution in [1.82, 2.24) is 34.9 Å². The summed E-state index contributed by atoms with van der Waals surface area (Å²) in [5.41, 5.74) is 9.45. The molecule has 0 spiro atoms. The lowest BCUT2D eigenvalue weighted by Gasteiger charge is -2.38. The normalized spacial score (nSPS) is 20.3. The number of hydrogen-bond donors (Lipinski definition) is 4. The van der Waals surface area contributed by atoms with Crippen molar-refractivity contribution >= 4 is 52.4 Å². The number of amides is 7. The number of benzene rings is 3. The number of para-hydroxylation sites is 1. The van der Waals surface area contributed by atoms with E-state index in [-0.39, 0.29) is 55.3 Å². The number of imidazole rings is 1. The maximum atomic E-state index is 14.0. The van der Waals surface area contributed by atoms with Crippen molar-refractivity contribution in [3.05, 3.63) is 106 Å². The van der Waals surface area contributed by atoms with E-state index in [1.54, 1.807) is 28.3 Å². The first kappa shape index (κ1) is 48.4. The number of imide groups is 1. The van der Waals surface area contributed by atoms with E-state index in [9.17, 15) is 38.4 Å². The molecule has 0 saturated carbocycles. The van der Waals surface area contributed by atoms with Crippen LogP contribution in [0.2, 0.25) is 0 Å². The number of piperidine rings is 1. The summed E-state index contributed by atoms with van der Waals surface area (Å²) in [7, 11) is 1.72. The molecule has 16 nitrogen and oxygen atoms in total. The molecule has 4 aromatic rings. The van der Waals surface area contributed by atoms with Gasteiger partial charge in [-0.25, -0.2) is 4.79 Å². The number of fused-ring (bicyclic) bond motifs is 2. The second-order valence-corrected chi connectivity index (χ2v) is 18.4. The standard InChI is InChI=1S/C51H64N8O8/c1-33-32-57(44(62)23-14-6-4-3-5-9-20-36-21-15-22-39-46(36)56(2)51(67)59(39)41-27-29-43(61)54-49(41)65)31-30-37-24-26-40(58(37)50(33)66)48(64)53-38(25-28-42(52)60)47(63)55-45(34-16-10-7-11-17-34)35-18-12-8-13-19-35/h7-8,10-13,15-19,21-22,33,37-38,40-41,45H,3-6,9,14,20,23-32H2,1-2H3,(H2,52,60)(H,53,64)(H,55,63)(H,54,61,65)/t33-,37+,38-,40-,41?/m0/s1. The summed E-state index contributed by atoms with van der Waals surface area (Å²) >= 11 is 0. The van der Waals surface area contributed by atoms with Crippen LogP contribution in [-0.2, 0) is 47.0 Å². The van der Waals surface area contributed by atoms with Crippen LogP contribution in [0.4, 0.5) is 0 Å². The summed E-state index contributed by atoms with van der Waals surface area (Å²) in [6.45, 7) is 2.53. The molecule has 3 aliphatic rings. The Morgan fingerprint density at radius 2 is 1.45 bits per heavy atom. The smallest absolute Gasteiger partial charge is 0.329 e. The topological polar surface area (TPSA) is 215 Å².